The zero-order valence-electron chi connectivity index (χ0n) is 27.4. The minimum Gasteiger partial charge on any atom is -0.456 e. The number of benzene rings is 5. The van der Waals surface area contributed by atoms with E-state index >= 15 is 0 Å². The maximum absolute atomic E-state index is 10.2. The van der Waals surface area contributed by atoms with E-state index in [2.05, 4.69) is 55.5 Å². The molecule has 2 bridgehead atoms. The van der Waals surface area contributed by atoms with Crippen molar-refractivity contribution in [1.82, 2.24) is 15.0 Å². The second kappa shape index (κ2) is 10.4. The molecule has 3 fully saturated rings. The fourth-order valence-corrected chi connectivity index (χ4v) is 9.82. The Kier molecular flexibility index (Phi) is 6.06. The molecular formula is C44H34N4O. The van der Waals surface area contributed by atoms with E-state index in [1.165, 1.54) is 37.7 Å². The minimum atomic E-state index is 0.279. The molecule has 3 saturated carbocycles. The van der Waals surface area contributed by atoms with Crippen molar-refractivity contribution in [3.63, 3.8) is 0 Å². The zero-order valence-corrected chi connectivity index (χ0v) is 27.4. The van der Waals surface area contributed by atoms with Gasteiger partial charge in [0.15, 0.2) is 17.5 Å². The Morgan fingerprint density at radius 2 is 1.29 bits per heavy atom. The summed E-state index contributed by atoms with van der Waals surface area (Å²) in [5.41, 5.74) is 9.20. The fourth-order valence-electron chi connectivity index (χ4n) is 9.82. The van der Waals surface area contributed by atoms with Gasteiger partial charge < -0.3 is 4.42 Å². The Hall–Kier alpha value is -5.60. The minimum absolute atomic E-state index is 0.279. The molecule has 236 valence electrons. The summed E-state index contributed by atoms with van der Waals surface area (Å²) >= 11 is 0. The summed E-state index contributed by atoms with van der Waals surface area (Å²) in [6, 6.07) is 41.7. The van der Waals surface area contributed by atoms with Crippen LogP contribution in [0.15, 0.2) is 120 Å². The highest BCUT2D eigenvalue weighted by atomic mass is 16.3. The van der Waals surface area contributed by atoms with Crippen LogP contribution in [0.2, 0.25) is 0 Å². The van der Waals surface area contributed by atoms with Gasteiger partial charge in [-0.25, -0.2) is 15.0 Å². The molecule has 0 radical (unpaired) electrons. The van der Waals surface area contributed by atoms with Crippen LogP contribution in [0.4, 0.5) is 0 Å². The summed E-state index contributed by atoms with van der Waals surface area (Å²) < 4.78 is 6.10. The van der Waals surface area contributed by atoms with E-state index in [1.807, 2.05) is 72.8 Å². The number of para-hydroxylation sites is 1. The third-order valence-electron chi connectivity index (χ3n) is 12.2. The van der Waals surface area contributed by atoms with E-state index in [0.717, 1.165) is 61.6 Å². The summed E-state index contributed by atoms with van der Waals surface area (Å²) in [5, 5.41) is 12.3. The van der Waals surface area contributed by atoms with Gasteiger partial charge in [-0.05, 0) is 114 Å². The Morgan fingerprint density at radius 1 is 0.612 bits per heavy atom. The highest BCUT2D eigenvalue weighted by Crippen LogP contribution is 2.72. The van der Waals surface area contributed by atoms with Crippen LogP contribution in [0.5, 0.6) is 0 Å². The number of hydrogen-bond acceptors (Lipinski definition) is 5. The second-order valence-corrected chi connectivity index (χ2v) is 14.8. The summed E-state index contributed by atoms with van der Waals surface area (Å²) in [7, 11) is 0. The van der Waals surface area contributed by atoms with Gasteiger partial charge in [-0.2, -0.15) is 5.26 Å². The summed E-state index contributed by atoms with van der Waals surface area (Å²) in [6.45, 7) is 2.55. The molecule has 0 N–H and O–H groups in total. The van der Waals surface area contributed by atoms with Crippen molar-refractivity contribution in [2.45, 2.75) is 44.4 Å². The largest absolute Gasteiger partial charge is 0.456 e. The Bertz CT molecular complexity index is 2480. The van der Waals surface area contributed by atoms with Crippen LogP contribution in [-0.4, -0.2) is 15.0 Å². The van der Waals surface area contributed by atoms with E-state index < -0.39 is 0 Å². The molecule has 1 unspecified atom stereocenters. The van der Waals surface area contributed by atoms with Gasteiger partial charge in [-0.3, -0.25) is 0 Å². The predicted octanol–water partition coefficient (Wildman–Crippen LogP) is 10.8. The lowest BCUT2D eigenvalue weighted by molar-refractivity contribution is 0.195. The van der Waals surface area contributed by atoms with E-state index in [4.69, 9.17) is 19.4 Å². The molecule has 3 aliphatic carbocycles. The second-order valence-electron chi connectivity index (χ2n) is 14.8. The average Bonchev–Trinajstić information content (AvgIpc) is 3.80. The SMILES string of the molecule is C[C@@]12CC3(c4cccc(-c5cc(C#N)cc(-c6nc(-c7ccccc7)nc(-c7ccc8oc9ccccc9c8c7)n6)c5)c4)C[C@H]1CC[C@H]2C3. The van der Waals surface area contributed by atoms with Crippen LogP contribution in [0, 0.1) is 28.6 Å². The molecule has 0 aliphatic heterocycles. The molecule has 0 amide bonds. The van der Waals surface area contributed by atoms with Gasteiger partial charge in [-0.1, -0.05) is 79.7 Å². The van der Waals surface area contributed by atoms with Gasteiger partial charge >= 0.3 is 0 Å². The van der Waals surface area contributed by atoms with E-state index in [-0.39, 0.29) is 5.41 Å². The monoisotopic (exact) mass is 634 g/mol. The first-order valence-electron chi connectivity index (χ1n) is 17.4. The highest BCUT2D eigenvalue weighted by molar-refractivity contribution is 6.06. The van der Waals surface area contributed by atoms with Crippen LogP contribution in [0.3, 0.4) is 0 Å². The molecule has 7 aromatic rings. The number of rotatable bonds is 5. The molecule has 0 saturated heterocycles. The van der Waals surface area contributed by atoms with Gasteiger partial charge in [-0.15, -0.1) is 0 Å². The van der Waals surface area contributed by atoms with Gasteiger partial charge in [0.25, 0.3) is 0 Å². The van der Waals surface area contributed by atoms with Crippen LogP contribution in [0.25, 0.3) is 67.2 Å². The van der Waals surface area contributed by atoms with Gasteiger partial charge in [0, 0.05) is 27.5 Å². The number of aromatic nitrogens is 3. The third kappa shape index (κ3) is 4.40. The zero-order chi connectivity index (χ0) is 32.7. The Labute approximate surface area is 285 Å². The Morgan fingerprint density at radius 3 is 2.06 bits per heavy atom. The fraction of sp³-hybridized carbons (Fsp3) is 0.227. The van der Waals surface area contributed by atoms with Crippen molar-refractivity contribution in [2.24, 2.45) is 17.3 Å². The lowest BCUT2D eigenvalue weighted by Gasteiger charge is -2.33. The molecule has 2 aromatic heterocycles. The lowest BCUT2D eigenvalue weighted by Crippen LogP contribution is -2.26. The summed E-state index contributed by atoms with van der Waals surface area (Å²) in [6.07, 6.45) is 6.70. The topological polar surface area (TPSA) is 75.6 Å². The first kappa shape index (κ1) is 28.4. The maximum Gasteiger partial charge on any atom is 0.164 e. The van der Waals surface area contributed by atoms with E-state index in [1.54, 1.807) is 0 Å². The molecule has 5 heteroatoms. The predicted molar refractivity (Wildman–Crippen MR) is 193 cm³/mol. The number of fused-ring (bicyclic) bond motifs is 4. The summed E-state index contributed by atoms with van der Waals surface area (Å²) in [5.74, 6) is 3.40. The van der Waals surface area contributed by atoms with Crippen molar-refractivity contribution < 1.29 is 4.42 Å². The quantitative estimate of drug-likeness (QED) is 0.188. The number of nitriles is 1. The molecule has 5 nitrogen and oxygen atoms in total. The first-order valence-corrected chi connectivity index (χ1v) is 17.4. The van der Waals surface area contributed by atoms with Crippen LogP contribution in [-0.2, 0) is 5.41 Å². The van der Waals surface area contributed by atoms with Crippen LogP contribution >= 0.6 is 0 Å². The number of nitrogens with zero attached hydrogens (tertiary/aromatic N) is 4. The standard InChI is InChI=1S/C44H34N4O/c1-43-26-44(23-34(43)15-16-35(43)24-44)33-11-7-10-29(21-33)31-18-27(25-45)19-32(20-31)42-47-40(28-8-3-2-4-9-28)46-41(48-42)30-14-17-39-37(22-30)36-12-5-6-13-38(36)49-39/h2-14,17-22,34-35H,15-16,23-24,26H2,1H3/t34-,35+,43-,44?. The van der Waals surface area contributed by atoms with Crippen molar-refractivity contribution in [3.8, 4) is 51.4 Å². The van der Waals surface area contributed by atoms with E-state index in [9.17, 15) is 5.26 Å². The molecule has 0 spiro atoms. The van der Waals surface area contributed by atoms with Crippen molar-refractivity contribution in [1.29, 1.82) is 5.26 Å². The summed E-state index contributed by atoms with van der Waals surface area (Å²) in [4.78, 5) is 15.0. The Balaban J connectivity index is 1.10. The normalized spacial score (nSPS) is 23.8. The molecule has 49 heavy (non-hydrogen) atoms. The molecule has 5 aromatic carbocycles. The maximum atomic E-state index is 10.2. The molecule has 3 aliphatic rings. The molecule has 4 atom stereocenters. The average molecular weight is 635 g/mol. The van der Waals surface area contributed by atoms with Crippen molar-refractivity contribution >= 4 is 21.9 Å². The molecule has 2 heterocycles. The smallest absolute Gasteiger partial charge is 0.164 e. The van der Waals surface area contributed by atoms with Gasteiger partial charge in [0.2, 0.25) is 0 Å². The van der Waals surface area contributed by atoms with Crippen LogP contribution < -0.4 is 0 Å². The first-order chi connectivity index (χ1) is 24.0. The van der Waals surface area contributed by atoms with Crippen LogP contribution in [0.1, 0.15) is 50.2 Å². The van der Waals surface area contributed by atoms with Crippen molar-refractivity contribution in [3.05, 3.63) is 126 Å². The third-order valence-corrected chi connectivity index (χ3v) is 12.2. The number of hydrogen-bond donors (Lipinski definition) is 0. The lowest BCUT2D eigenvalue weighted by atomic mass is 9.71. The highest BCUT2D eigenvalue weighted by Gasteiger charge is 2.65. The molecule has 10 rings (SSSR count). The van der Waals surface area contributed by atoms with Gasteiger partial charge in [0.1, 0.15) is 11.2 Å². The van der Waals surface area contributed by atoms with Crippen molar-refractivity contribution in [2.75, 3.05) is 0 Å². The molecular weight excluding hydrogens is 601 g/mol. The van der Waals surface area contributed by atoms with Gasteiger partial charge in [0.05, 0.1) is 11.6 Å². The van der Waals surface area contributed by atoms with E-state index in [0.29, 0.717) is 28.5 Å². The number of furan rings is 1.